The predicted octanol–water partition coefficient (Wildman–Crippen LogP) is 2.79. The van der Waals surface area contributed by atoms with Crippen LogP contribution in [0.5, 0.6) is 0 Å². The predicted molar refractivity (Wildman–Crippen MR) is 54.9 cm³/mol. The van der Waals surface area contributed by atoms with Crippen LogP contribution in [0.2, 0.25) is 0 Å². The number of aliphatic imine (C=N–C) groups is 1. The van der Waals surface area contributed by atoms with E-state index in [2.05, 4.69) is 29.3 Å². The van der Waals surface area contributed by atoms with E-state index in [0.29, 0.717) is 6.54 Å². The third-order valence-corrected chi connectivity index (χ3v) is 2.88. The van der Waals surface area contributed by atoms with Gasteiger partial charge in [-0.3, -0.25) is 0 Å². The number of benzene rings is 1. The zero-order chi connectivity index (χ0) is 9.80. The molecule has 0 spiro atoms. The monoisotopic (exact) mass is 187 g/mol. The van der Waals surface area contributed by atoms with Crippen LogP contribution in [-0.4, -0.2) is 6.08 Å². The van der Waals surface area contributed by atoms with E-state index >= 15 is 0 Å². The van der Waals surface area contributed by atoms with Crippen molar-refractivity contribution in [3.8, 4) is 0 Å². The molecule has 1 saturated carbocycles. The van der Waals surface area contributed by atoms with E-state index < -0.39 is 0 Å². The van der Waals surface area contributed by atoms with Crippen LogP contribution in [0.4, 0.5) is 0 Å². The van der Waals surface area contributed by atoms with Crippen LogP contribution in [0.3, 0.4) is 0 Å². The van der Waals surface area contributed by atoms with Crippen LogP contribution < -0.4 is 0 Å². The van der Waals surface area contributed by atoms with Crippen molar-refractivity contribution in [2.75, 3.05) is 0 Å². The molecule has 0 heterocycles. The number of carbonyl (C=O) groups excluding carboxylic acids is 1. The molecule has 0 N–H and O–H groups in total. The van der Waals surface area contributed by atoms with Crippen molar-refractivity contribution < 1.29 is 4.79 Å². The highest BCUT2D eigenvalue weighted by Crippen LogP contribution is 2.36. The number of isocyanates is 1. The van der Waals surface area contributed by atoms with Gasteiger partial charge in [-0.1, -0.05) is 30.7 Å². The molecule has 1 aliphatic carbocycles. The van der Waals surface area contributed by atoms with Gasteiger partial charge in [0.25, 0.3) is 0 Å². The van der Waals surface area contributed by atoms with Gasteiger partial charge in [0, 0.05) is 0 Å². The molecule has 1 fully saturated rings. The van der Waals surface area contributed by atoms with E-state index in [4.69, 9.17) is 0 Å². The molecule has 0 bridgehead atoms. The second-order valence-electron chi connectivity index (χ2n) is 3.78. The van der Waals surface area contributed by atoms with Crippen molar-refractivity contribution in [1.82, 2.24) is 0 Å². The summed E-state index contributed by atoms with van der Waals surface area (Å²) in [6, 6.07) is 8.40. The highest BCUT2D eigenvalue weighted by atomic mass is 16.1. The maximum atomic E-state index is 9.92. The average Bonchev–Trinajstić information content (AvgIpc) is 2.14. The second kappa shape index (κ2) is 4.21. The average molecular weight is 187 g/mol. The quantitative estimate of drug-likeness (QED) is 0.528. The molecular weight excluding hydrogens is 174 g/mol. The lowest BCUT2D eigenvalue weighted by Gasteiger charge is -2.25. The van der Waals surface area contributed by atoms with Crippen molar-refractivity contribution in [1.29, 1.82) is 0 Å². The topological polar surface area (TPSA) is 29.4 Å². The lowest BCUT2D eigenvalue weighted by Crippen LogP contribution is -2.08. The van der Waals surface area contributed by atoms with Crippen LogP contribution in [0.1, 0.15) is 36.3 Å². The highest BCUT2D eigenvalue weighted by molar-refractivity contribution is 5.34. The third-order valence-electron chi connectivity index (χ3n) is 2.88. The van der Waals surface area contributed by atoms with E-state index in [1.807, 2.05) is 0 Å². The highest BCUT2D eigenvalue weighted by Gasteiger charge is 2.18. The van der Waals surface area contributed by atoms with Gasteiger partial charge in [-0.15, -0.1) is 0 Å². The summed E-state index contributed by atoms with van der Waals surface area (Å²) in [5.41, 5.74) is 2.51. The minimum Gasteiger partial charge on any atom is -0.211 e. The molecule has 0 amide bonds. The van der Waals surface area contributed by atoms with Gasteiger partial charge in [-0.05, 0) is 29.9 Å². The van der Waals surface area contributed by atoms with E-state index in [9.17, 15) is 4.79 Å². The van der Waals surface area contributed by atoms with E-state index in [-0.39, 0.29) is 0 Å². The summed E-state index contributed by atoms with van der Waals surface area (Å²) in [4.78, 5) is 13.5. The minimum absolute atomic E-state index is 0.453. The van der Waals surface area contributed by atoms with Crippen LogP contribution in [-0.2, 0) is 11.3 Å². The Morgan fingerprint density at radius 3 is 2.50 bits per heavy atom. The molecule has 0 unspecified atom stereocenters. The number of nitrogens with zero attached hydrogens (tertiary/aromatic N) is 1. The summed E-state index contributed by atoms with van der Waals surface area (Å²) in [5, 5.41) is 0. The standard InChI is InChI=1S/C12H13NO/c14-9-13-8-10-4-6-12(7-5-10)11-2-1-3-11/h4-7,11H,1-3,8H2. The molecule has 0 aliphatic heterocycles. The molecule has 0 atom stereocenters. The molecule has 2 heteroatoms. The third kappa shape index (κ3) is 1.91. The van der Waals surface area contributed by atoms with Gasteiger partial charge in [0.2, 0.25) is 6.08 Å². The largest absolute Gasteiger partial charge is 0.235 e. The Balaban J connectivity index is 2.05. The van der Waals surface area contributed by atoms with Gasteiger partial charge in [0.1, 0.15) is 0 Å². The van der Waals surface area contributed by atoms with E-state index in [1.54, 1.807) is 6.08 Å². The second-order valence-corrected chi connectivity index (χ2v) is 3.78. The normalized spacial score (nSPS) is 15.7. The molecule has 72 valence electrons. The first-order valence-corrected chi connectivity index (χ1v) is 5.02. The first-order chi connectivity index (χ1) is 6.90. The fraction of sp³-hybridized carbons (Fsp3) is 0.417. The molecule has 0 saturated heterocycles. The fourth-order valence-corrected chi connectivity index (χ4v) is 1.76. The summed E-state index contributed by atoms with van der Waals surface area (Å²) < 4.78 is 0. The molecule has 0 radical (unpaired) electrons. The lowest BCUT2D eigenvalue weighted by molar-refractivity contribution is 0.419. The van der Waals surface area contributed by atoms with Gasteiger partial charge < -0.3 is 0 Å². The summed E-state index contributed by atoms with van der Waals surface area (Å²) in [6.45, 7) is 0.453. The van der Waals surface area contributed by atoms with Gasteiger partial charge in [-0.2, -0.15) is 0 Å². The van der Waals surface area contributed by atoms with Gasteiger partial charge in [0.05, 0.1) is 6.54 Å². The lowest BCUT2D eigenvalue weighted by atomic mass is 9.80. The Morgan fingerprint density at radius 1 is 1.29 bits per heavy atom. The number of rotatable bonds is 3. The number of hydrogen-bond donors (Lipinski definition) is 0. The van der Waals surface area contributed by atoms with Crippen molar-refractivity contribution in [2.45, 2.75) is 31.7 Å². The Hall–Kier alpha value is -1.40. The van der Waals surface area contributed by atoms with Gasteiger partial charge in [-0.25, -0.2) is 9.79 Å². The molecule has 0 aromatic heterocycles. The fourth-order valence-electron chi connectivity index (χ4n) is 1.76. The molecule has 1 aromatic carbocycles. The zero-order valence-corrected chi connectivity index (χ0v) is 8.07. The van der Waals surface area contributed by atoms with Crippen LogP contribution in [0, 0.1) is 0 Å². The minimum atomic E-state index is 0.453. The Labute approximate surface area is 83.7 Å². The van der Waals surface area contributed by atoms with Crippen LogP contribution >= 0.6 is 0 Å². The van der Waals surface area contributed by atoms with Crippen LogP contribution in [0.25, 0.3) is 0 Å². The SMILES string of the molecule is O=C=NCc1ccc(C2CCC2)cc1. The Morgan fingerprint density at radius 2 is 2.00 bits per heavy atom. The van der Waals surface area contributed by atoms with Gasteiger partial charge >= 0.3 is 0 Å². The summed E-state index contributed by atoms with van der Waals surface area (Å²) in [5.74, 6) is 0.777. The molecular formula is C12H13NO. The molecule has 1 aromatic rings. The maximum absolute atomic E-state index is 9.92. The maximum Gasteiger partial charge on any atom is 0.235 e. The molecule has 1 aliphatic rings. The zero-order valence-electron chi connectivity index (χ0n) is 8.07. The Kier molecular flexibility index (Phi) is 2.76. The van der Waals surface area contributed by atoms with Crippen LogP contribution in [0.15, 0.2) is 29.3 Å². The van der Waals surface area contributed by atoms with Crippen molar-refractivity contribution in [3.63, 3.8) is 0 Å². The molecule has 2 rings (SSSR count). The Bertz CT molecular complexity index is 345. The number of hydrogen-bond acceptors (Lipinski definition) is 2. The van der Waals surface area contributed by atoms with E-state index in [1.165, 1.54) is 24.8 Å². The molecule has 2 nitrogen and oxygen atoms in total. The van der Waals surface area contributed by atoms with Gasteiger partial charge in [0.15, 0.2) is 0 Å². The smallest absolute Gasteiger partial charge is 0.211 e. The first kappa shape index (κ1) is 9.17. The van der Waals surface area contributed by atoms with Crippen molar-refractivity contribution >= 4 is 6.08 Å². The van der Waals surface area contributed by atoms with Crippen molar-refractivity contribution in [3.05, 3.63) is 35.4 Å². The first-order valence-electron chi connectivity index (χ1n) is 5.02. The molecule has 14 heavy (non-hydrogen) atoms. The van der Waals surface area contributed by atoms with Crippen molar-refractivity contribution in [2.24, 2.45) is 4.99 Å². The van der Waals surface area contributed by atoms with E-state index in [0.717, 1.165) is 11.5 Å². The summed E-state index contributed by atoms with van der Waals surface area (Å²) in [6.07, 6.45) is 5.56. The summed E-state index contributed by atoms with van der Waals surface area (Å²) >= 11 is 0. The summed E-state index contributed by atoms with van der Waals surface area (Å²) in [7, 11) is 0.